The number of carbonyl (C=O) groups excluding carboxylic acids is 1. The van der Waals surface area contributed by atoms with Crippen molar-refractivity contribution < 1.29 is 9.53 Å². The zero-order valence-electron chi connectivity index (χ0n) is 11.7. The standard InChI is InChI=1S/C16H23NO2/c1-2-3-10-17-11-9-15(12-17)16(18)19-13-14-7-5-4-6-8-14/h4-8,15H,2-3,9-13H2,1H3. The van der Waals surface area contributed by atoms with Gasteiger partial charge in [0.05, 0.1) is 5.92 Å². The first-order chi connectivity index (χ1) is 9.29. The Labute approximate surface area is 115 Å². The number of ether oxygens (including phenoxy) is 1. The van der Waals surface area contributed by atoms with E-state index in [1.165, 1.54) is 12.8 Å². The predicted octanol–water partition coefficient (Wildman–Crippen LogP) is 2.85. The van der Waals surface area contributed by atoms with Gasteiger partial charge in [-0.1, -0.05) is 43.7 Å². The second-order valence-corrected chi connectivity index (χ2v) is 5.23. The van der Waals surface area contributed by atoms with Gasteiger partial charge in [0.15, 0.2) is 0 Å². The molecule has 1 heterocycles. The fraction of sp³-hybridized carbons (Fsp3) is 0.562. The van der Waals surface area contributed by atoms with Gasteiger partial charge in [-0.2, -0.15) is 0 Å². The number of nitrogens with zero attached hydrogens (tertiary/aromatic N) is 1. The number of unbranched alkanes of at least 4 members (excludes halogenated alkanes) is 1. The predicted molar refractivity (Wildman–Crippen MR) is 75.7 cm³/mol. The minimum Gasteiger partial charge on any atom is -0.461 e. The highest BCUT2D eigenvalue weighted by molar-refractivity contribution is 5.73. The molecule has 19 heavy (non-hydrogen) atoms. The van der Waals surface area contributed by atoms with E-state index in [0.29, 0.717) is 6.61 Å². The zero-order valence-corrected chi connectivity index (χ0v) is 11.7. The topological polar surface area (TPSA) is 29.5 Å². The van der Waals surface area contributed by atoms with Crippen molar-refractivity contribution in [1.29, 1.82) is 0 Å². The zero-order chi connectivity index (χ0) is 13.5. The fourth-order valence-corrected chi connectivity index (χ4v) is 2.46. The molecule has 0 radical (unpaired) electrons. The first kappa shape index (κ1) is 14.1. The van der Waals surface area contributed by atoms with Crippen molar-refractivity contribution in [3.63, 3.8) is 0 Å². The van der Waals surface area contributed by atoms with Crippen LogP contribution in [0.5, 0.6) is 0 Å². The Morgan fingerprint density at radius 3 is 2.89 bits per heavy atom. The molecule has 104 valence electrons. The maximum absolute atomic E-state index is 12.0. The van der Waals surface area contributed by atoms with Gasteiger partial charge in [-0.15, -0.1) is 0 Å². The molecule has 0 saturated carbocycles. The molecule has 0 bridgehead atoms. The number of hydrogen-bond donors (Lipinski definition) is 0. The van der Waals surface area contributed by atoms with Crippen LogP contribution in [0.1, 0.15) is 31.7 Å². The Morgan fingerprint density at radius 2 is 2.16 bits per heavy atom. The first-order valence-electron chi connectivity index (χ1n) is 7.22. The number of carbonyl (C=O) groups is 1. The maximum atomic E-state index is 12.0. The largest absolute Gasteiger partial charge is 0.461 e. The van der Waals surface area contributed by atoms with Crippen molar-refractivity contribution in [2.24, 2.45) is 5.92 Å². The van der Waals surface area contributed by atoms with Crippen LogP contribution in [-0.2, 0) is 16.1 Å². The third kappa shape index (κ3) is 4.35. The highest BCUT2D eigenvalue weighted by Crippen LogP contribution is 2.18. The summed E-state index contributed by atoms with van der Waals surface area (Å²) in [4.78, 5) is 14.4. The molecule has 1 saturated heterocycles. The summed E-state index contributed by atoms with van der Waals surface area (Å²) in [7, 11) is 0. The molecule has 1 atom stereocenters. The van der Waals surface area contributed by atoms with Crippen LogP contribution in [0.3, 0.4) is 0 Å². The fourth-order valence-electron chi connectivity index (χ4n) is 2.46. The molecule has 0 aromatic heterocycles. The summed E-state index contributed by atoms with van der Waals surface area (Å²) in [6.45, 7) is 5.60. The average Bonchev–Trinajstić information content (AvgIpc) is 2.92. The van der Waals surface area contributed by atoms with Crippen LogP contribution in [0, 0.1) is 5.92 Å². The smallest absolute Gasteiger partial charge is 0.310 e. The number of rotatable bonds is 6. The van der Waals surface area contributed by atoms with E-state index in [0.717, 1.165) is 31.6 Å². The Morgan fingerprint density at radius 1 is 1.37 bits per heavy atom. The number of benzene rings is 1. The summed E-state index contributed by atoms with van der Waals surface area (Å²) in [5, 5.41) is 0. The van der Waals surface area contributed by atoms with E-state index in [1.54, 1.807) is 0 Å². The molecule has 0 N–H and O–H groups in total. The van der Waals surface area contributed by atoms with Crippen LogP contribution in [0.25, 0.3) is 0 Å². The Bertz CT molecular complexity index is 391. The molecular weight excluding hydrogens is 238 g/mol. The molecular formula is C16H23NO2. The van der Waals surface area contributed by atoms with E-state index in [-0.39, 0.29) is 11.9 Å². The average molecular weight is 261 g/mol. The number of esters is 1. The SMILES string of the molecule is CCCCN1CCC(C(=O)OCc2ccccc2)C1. The van der Waals surface area contributed by atoms with Crippen LogP contribution in [0.4, 0.5) is 0 Å². The second-order valence-electron chi connectivity index (χ2n) is 5.23. The van der Waals surface area contributed by atoms with E-state index in [1.807, 2.05) is 30.3 Å². The summed E-state index contributed by atoms with van der Waals surface area (Å²) in [6.07, 6.45) is 3.36. The summed E-state index contributed by atoms with van der Waals surface area (Å²) in [5.41, 5.74) is 1.05. The normalized spacial score (nSPS) is 19.5. The van der Waals surface area contributed by atoms with E-state index < -0.39 is 0 Å². The molecule has 1 unspecified atom stereocenters. The lowest BCUT2D eigenvalue weighted by Crippen LogP contribution is -2.25. The Balaban J connectivity index is 1.72. The van der Waals surface area contributed by atoms with Crippen molar-refractivity contribution in [1.82, 2.24) is 4.90 Å². The molecule has 0 spiro atoms. The van der Waals surface area contributed by atoms with E-state index in [2.05, 4.69) is 11.8 Å². The van der Waals surface area contributed by atoms with E-state index >= 15 is 0 Å². The van der Waals surface area contributed by atoms with E-state index in [4.69, 9.17) is 4.74 Å². The third-order valence-electron chi connectivity index (χ3n) is 3.66. The van der Waals surface area contributed by atoms with Crippen LogP contribution < -0.4 is 0 Å². The molecule has 1 aromatic carbocycles. The molecule has 0 amide bonds. The van der Waals surface area contributed by atoms with Crippen molar-refractivity contribution in [3.8, 4) is 0 Å². The Kier molecular flexibility index (Phi) is 5.40. The van der Waals surface area contributed by atoms with Gasteiger partial charge < -0.3 is 9.64 Å². The van der Waals surface area contributed by atoms with Gasteiger partial charge in [0.25, 0.3) is 0 Å². The molecule has 0 aliphatic carbocycles. The first-order valence-corrected chi connectivity index (χ1v) is 7.22. The van der Waals surface area contributed by atoms with Gasteiger partial charge in [-0.3, -0.25) is 4.79 Å². The maximum Gasteiger partial charge on any atom is 0.310 e. The lowest BCUT2D eigenvalue weighted by Gasteiger charge is -2.14. The summed E-state index contributed by atoms with van der Waals surface area (Å²) in [5.74, 6) is 0.0309. The van der Waals surface area contributed by atoms with Crippen molar-refractivity contribution in [2.75, 3.05) is 19.6 Å². The summed E-state index contributed by atoms with van der Waals surface area (Å²) < 4.78 is 5.40. The van der Waals surface area contributed by atoms with Crippen LogP contribution in [0.15, 0.2) is 30.3 Å². The van der Waals surface area contributed by atoms with Gasteiger partial charge in [0, 0.05) is 6.54 Å². The molecule has 1 aromatic rings. The van der Waals surface area contributed by atoms with Gasteiger partial charge in [-0.25, -0.2) is 0 Å². The summed E-state index contributed by atoms with van der Waals surface area (Å²) >= 11 is 0. The Hall–Kier alpha value is -1.35. The van der Waals surface area contributed by atoms with Crippen molar-refractivity contribution in [2.45, 2.75) is 32.8 Å². The quantitative estimate of drug-likeness (QED) is 0.737. The van der Waals surface area contributed by atoms with Crippen molar-refractivity contribution in [3.05, 3.63) is 35.9 Å². The number of hydrogen-bond acceptors (Lipinski definition) is 3. The highest BCUT2D eigenvalue weighted by atomic mass is 16.5. The van der Waals surface area contributed by atoms with Gasteiger partial charge in [-0.05, 0) is 31.5 Å². The lowest BCUT2D eigenvalue weighted by molar-refractivity contribution is -0.149. The van der Waals surface area contributed by atoms with Gasteiger partial charge >= 0.3 is 5.97 Å². The monoisotopic (exact) mass is 261 g/mol. The van der Waals surface area contributed by atoms with Crippen LogP contribution in [-0.4, -0.2) is 30.5 Å². The van der Waals surface area contributed by atoms with Crippen LogP contribution in [0.2, 0.25) is 0 Å². The molecule has 3 nitrogen and oxygen atoms in total. The lowest BCUT2D eigenvalue weighted by atomic mass is 10.1. The van der Waals surface area contributed by atoms with E-state index in [9.17, 15) is 4.79 Å². The highest BCUT2D eigenvalue weighted by Gasteiger charge is 2.28. The van der Waals surface area contributed by atoms with Gasteiger partial charge in [0.2, 0.25) is 0 Å². The minimum absolute atomic E-state index is 0.0390. The molecule has 1 aliphatic rings. The molecule has 1 aliphatic heterocycles. The second kappa shape index (κ2) is 7.29. The third-order valence-corrected chi connectivity index (χ3v) is 3.66. The van der Waals surface area contributed by atoms with Crippen LogP contribution >= 0.6 is 0 Å². The summed E-state index contributed by atoms with van der Waals surface area (Å²) in [6, 6.07) is 9.86. The van der Waals surface area contributed by atoms with Crippen molar-refractivity contribution >= 4 is 5.97 Å². The van der Waals surface area contributed by atoms with Gasteiger partial charge in [0.1, 0.15) is 6.61 Å². The number of likely N-dealkylation sites (tertiary alicyclic amines) is 1. The minimum atomic E-state index is -0.0390. The molecule has 1 fully saturated rings. The molecule has 2 rings (SSSR count). The molecule has 3 heteroatoms.